The summed E-state index contributed by atoms with van der Waals surface area (Å²) in [4.78, 5) is 10.4. The maximum atomic E-state index is 11.8. The molecule has 0 spiro atoms. The number of hydrogen-bond donors (Lipinski definition) is 3. The number of carboxylic acids is 1. The summed E-state index contributed by atoms with van der Waals surface area (Å²) in [7, 11) is -2.42. The van der Waals surface area contributed by atoms with Crippen molar-refractivity contribution in [2.75, 3.05) is 20.1 Å². The van der Waals surface area contributed by atoms with Gasteiger partial charge >= 0.3 is 5.97 Å². The van der Waals surface area contributed by atoms with E-state index in [1.807, 2.05) is 0 Å². The van der Waals surface area contributed by atoms with Crippen molar-refractivity contribution in [1.82, 2.24) is 9.03 Å². The van der Waals surface area contributed by atoms with Crippen LogP contribution in [-0.2, 0) is 15.0 Å². The van der Waals surface area contributed by atoms with E-state index in [-0.39, 0.29) is 19.5 Å². The van der Waals surface area contributed by atoms with Gasteiger partial charge in [0.2, 0.25) is 0 Å². The summed E-state index contributed by atoms with van der Waals surface area (Å²) >= 11 is 0. The van der Waals surface area contributed by atoms with E-state index in [1.165, 1.54) is 7.05 Å². The quantitative estimate of drug-likeness (QED) is 0.609. The number of nitrogens with one attached hydrogen (secondary N) is 1. The van der Waals surface area contributed by atoms with Crippen molar-refractivity contribution in [1.29, 1.82) is 0 Å². The highest BCUT2D eigenvalue weighted by atomic mass is 32.2. The van der Waals surface area contributed by atoms with E-state index in [2.05, 4.69) is 4.72 Å². The predicted octanol–water partition coefficient (Wildman–Crippen LogP) is -0.0775. The molecule has 0 saturated heterocycles. The first-order valence-electron chi connectivity index (χ1n) is 6.40. The summed E-state index contributed by atoms with van der Waals surface area (Å²) in [6.45, 7) is -0.115. The second-order valence-electron chi connectivity index (χ2n) is 5.08. The first-order valence-corrected chi connectivity index (χ1v) is 7.84. The van der Waals surface area contributed by atoms with Crippen LogP contribution in [0, 0.1) is 0 Å². The minimum atomic E-state index is -3.73. The summed E-state index contributed by atoms with van der Waals surface area (Å²) in [5, 5.41) is 18.7. The van der Waals surface area contributed by atoms with Crippen LogP contribution in [0.1, 0.15) is 38.5 Å². The lowest BCUT2D eigenvalue weighted by Crippen LogP contribution is -2.48. The Bertz CT molecular complexity index is 403. The van der Waals surface area contributed by atoms with Crippen LogP contribution in [0.5, 0.6) is 0 Å². The smallest absolute Gasteiger partial charge is 0.304 e. The number of aliphatic hydroxyl groups is 1. The Morgan fingerprint density at radius 3 is 2.42 bits per heavy atom. The fourth-order valence-electron chi connectivity index (χ4n) is 2.10. The lowest BCUT2D eigenvalue weighted by Gasteiger charge is -2.32. The van der Waals surface area contributed by atoms with Crippen molar-refractivity contribution in [3.05, 3.63) is 0 Å². The van der Waals surface area contributed by atoms with Crippen LogP contribution in [0.25, 0.3) is 0 Å². The third kappa shape index (κ3) is 5.43. The maximum Gasteiger partial charge on any atom is 0.304 e. The van der Waals surface area contributed by atoms with E-state index in [0.717, 1.165) is 23.6 Å². The zero-order valence-electron chi connectivity index (χ0n) is 11.1. The van der Waals surface area contributed by atoms with Gasteiger partial charge in [0.15, 0.2) is 0 Å². The number of carboxylic acid groups (broad SMARTS) is 1. The van der Waals surface area contributed by atoms with Gasteiger partial charge in [0.25, 0.3) is 10.2 Å². The number of rotatable bonds is 7. The highest BCUT2D eigenvalue weighted by molar-refractivity contribution is 7.87. The molecule has 0 aromatic carbocycles. The van der Waals surface area contributed by atoms with Gasteiger partial charge in [0.05, 0.1) is 12.0 Å². The molecular formula is C11H22N2O5S. The van der Waals surface area contributed by atoms with Crippen molar-refractivity contribution in [2.45, 2.75) is 44.1 Å². The standard InChI is InChI=1S/C11H22N2O5S/c1-13(8-5-10(14)15)19(17,18)12-9-11(16)6-3-2-4-7-11/h12,16H,2-9H2,1H3,(H,14,15). The number of nitrogens with zero attached hydrogens (tertiary/aromatic N) is 1. The van der Waals surface area contributed by atoms with Gasteiger partial charge in [-0.2, -0.15) is 17.4 Å². The number of aliphatic carboxylic acids is 1. The third-order valence-corrected chi connectivity index (χ3v) is 4.93. The summed E-state index contributed by atoms with van der Waals surface area (Å²) in [6, 6.07) is 0. The minimum Gasteiger partial charge on any atom is -0.481 e. The Balaban J connectivity index is 2.47. The summed E-state index contributed by atoms with van der Waals surface area (Å²) in [5.41, 5.74) is -0.973. The van der Waals surface area contributed by atoms with Gasteiger partial charge in [0, 0.05) is 20.1 Å². The van der Waals surface area contributed by atoms with Crippen LogP contribution in [0.2, 0.25) is 0 Å². The van der Waals surface area contributed by atoms with Crippen molar-refractivity contribution in [3.8, 4) is 0 Å². The molecule has 0 amide bonds. The summed E-state index contributed by atoms with van der Waals surface area (Å²) in [6.07, 6.45) is 3.79. The molecule has 3 N–H and O–H groups in total. The topological polar surface area (TPSA) is 107 Å². The van der Waals surface area contributed by atoms with Crippen LogP contribution in [0.4, 0.5) is 0 Å². The van der Waals surface area contributed by atoms with Gasteiger partial charge in [-0.1, -0.05) is 19.3 Å². The van der Waals surface area contributed by atoms with Crippen molar-refractivity contribution >= 4 is 16.2 Å². The second-order valence-corrected chi connectivity index (χ2v) is 6.94. The molecule has 0 radical (unpaired) electrons. The highest BCUT2D eigenvalue weighted by Crippen LogP contribution is 2.27. The lowest BCUT2D eigenvalue weighted by molar-refractivity contribution is -0.137. The average molecular weight is 294 g/mol. The highest BCUT2D eigenvalue weighted by Gasteiger charge is 2.31. The Kier molecular flexibility index (Phi) is 5.72. The van der Waals surface area contributed by atoms with Gasteiger partial charge in [-0.05, 0) is 12.8 Å². The van der Waals surface area contributed by atoms with Gasteiger partial charge in [-0.3, -0.25) is 4.79 Å². The van der Waals surface area contributed by atoms with Gasteiger partial charge in [-0.15, -0.1) is 0 Å². The fourth-order valence-corrected chi connectivity index (χ4v) is 3.10. The molecule has 0 aromatic heterocycles. The van der Waals surface area contributed by atoms with Crippen LogP contribution in [0.3, 0.4) is 0 Å². The van der Waals surface area contributed by atoms with Crippen LogP contribution in [-0.4, -0.2) is 54.6 Å². The molecule has 7 nitrogen and oxygen atoms in total. The Morgan fingerprint density at radius 2 is 1.89 bits per heavy atom. The molecule has 0 atom stereocenters. The first kappa shape index (κ1) is 16.4. The Hall–Kier alpha value is -0.700. The molecule has 19 heavy (non-hydrogen) atoms. The largest absolute Gasteiger partial charge is 0.481 e. The fraction of sp³-hybridized carbons (Fsp3) is 0.909. The molecule has 0 heterocycles. The van der Waals surface area contributed by atoms with Crippen LogP contribution in [0.15, 0.2) is 0 Å². The molecule has 1 aliphatic carbocycles. The van der Waals surface area contributed by atoms with Gasteiger partial charge in [-0.25, -0.2) is 0 Å². The van der Waals surface area contributed by atoms with Crippen LogP contribution >= 0.6 is 0 Å². The molecule has 1 saturated carbocycles. The average Bonchev–Trinajstić information content (AvgIpc) is 2.34. The number of hydrogen-bond acceptors (Lipinski definition) is 4. The Morgan fingerprint density at radius 1 is 1.32 bits per heavy atom. The van der Waals surface area contributed by atoms with E-state index in [1.54, 1.807) is 0 Å². The van der Waals surface area contributed by atoms with E-state index >= 15 is 0 Å². The van der Waals surface area contributed by atoms with Crippen molar-refractivity contribution in [3.63, 3.8) is 0 Å². The monoisotopic (exact) mass is 294 g/mol. The summed E-state index contributed by atoms with van der Waals surface area (Å²) < 4.78 is 27.0. The van der Waals surface area contributed by atoms with Gasteiger partial charge in [0.1, 0.15) is 0 Å². The molecule has 0 aromatic rings. The summed E-state index contributed by atoms with van der Waals surface area (Å²) in [5.74, 6) is -1.05. The molecule has 0 aliphatic heterocycles. The molecule has 0 bridgehead atoms. The molecule has 112 valence electrons. The van der Waals surface area contributed by atoms with Crippen molar-refractivity contribution < 1.29 is 23.4 Å². The lowest BCUT2D eigenvalue weighted by atomic mass is 9.85. The third-order valence-electron chi connectivity index (χ3n) is 3.42. The van der Waals surface area contributed by atoms with Gasteiger partial charge < -0.3 is 10.2 Å². The van der Waals surface area contributed by atoms with E-state index in [4.69, 9.17) is 5.11 Å². The molecular weight excluding hydrogens is 272 g/mol. The molecule has 8 heteroatoms. The zero-order chi connectivity index (χ0) is 14.5. The van der Waals surface area contributed by atoms with Crippen LogP contribution < -0.4 is 4.72 Å². The second kappa shape index (κ2) is 6.65. The van der Waals surface area contributed by atoms with E-state index < -0.39 is 21.8 Å². The molecule has 0 unspecified atom stereocenters. The zero-order valence-corrected chi connectivity index (χ0v) is 11.9. The van der Waals surface area contributed by atoms with E-state index in [9.17, 15) is 18.3 Å². The maximum absolute atomic E-state index is 11.8. The minimum absolute atomic E-state index is 0.0211. The molecule has 1 aliphatic rings. The predicted molar refractivity (Wildman–Crippen MR) is 69.8 cm³/mol. The first-order chi connectivity index (χ1) is 8.75. The normalized spacial score (nSPS) is 19.5. The van der Waals surface area contributed by atoms with Crippen molar-refractivity contribution in [2.24, 2.45) is 0 Å². The molecule has 1 rings (SSSR count). The number of carbonyl (C=O) groups is 1. The SMILES string of the molecule is CN(CCC(=O)O)S(=O)(=O)NCC1(O)CCCCC1. The Labute approximate surface area is 113 Å². The molecule has 1 fully saturated rings. The van der Waals surface area contributed by atoms with E-state index in [0.29, 0.717) is 12.8 Å².